The van der Waals surface area contributed by atoms with Crippen molar-refractivity contribution >= 4 is 28.1 Å². The standard InChI is InChI=1S/C19H19BrN2O3/c1-3-12-24-18-7-5-4-6-15(18)13-21-22-19(23)14(2)25-17-10-8-16(20)9-11-17/h3-11,13-14H,1,12H2,2H3,(H,22,23)/b21-13-/t14-/m1/s1. The minimum Gasteiger partial charge on any atom is -0.489 e. The fourth-order valence-corrected chi connectivity index (χ4v) is 2.16. The zero-order chi connectivity index (χ0) is 18.1. The van der Waals surface area contributed by atoms with E-state index in [1.165, 1.54) is 6.21 Å². The van der Waals surface area contributed by atoms with E-state index in [1.54, 1.807) is 25.1 Å². The van der Waals surface area contributed by atoms with Crippen LogP contribution in [0.1, 0.15) is 12.5 Å². The summed E-state index contributed by atoms with van der Waals surface area (Å²) in [6.45, 7) is 5.68. The molecule has 25 heavy (non-hydrogen) atoms. The number of nitrogens with zero attached hydrogens (tertiary/aromatic N) is 1. The Balaban J connectivity index is 1.91. The molecule has 0 aliphatic heterocycles. The van der Waals surface area contributed by atoms with Crippen molar-refractivity contribution in [1.82, 2.24) is 5.43 Å². The van der Waals surface area contributed by atoms with Crippen LogP contribution >= 0.6 is 15.9 Å². The predicted octanol–water partition coefficient (Wildman–Crippen LogP) is 3.93. The van der Waals surface area contributed by atoms with Gasteiger partial charge in [0.2, 0.25) is 0 Å². The quantitative estimate of drug-likeness (QED) is 0.413. The summed E-state index contributed by atoms with van der Waals surface area (Å²) in [5.74, 6) is 0.932. The van der Waals surface area contributed by atoms with Gasteiger partial charge in [-0.3, -0.25) is 4.79 Å². The first-order valence-corrected chi connectivity index (χ1v) is 8.47. The van der Waals surface area contributed by atoms with Gasteiger partial charge in [0.1, 0.15) is 18.1 Å². The highest BCUT2D eigenvalue weighted by atomic mass is 79.9. The summed E-state index contributed by atoms with van der Waals surface area (Å²) in [5.41, 5.74) is 3.22. The number of hydrogen-bond donors (Lipinski definition) is 1. The first-order chi connectivity index (χ1) is 12.1. The molecule has 0 saturated heterocycles. The topological polar surface area (TPSA) is 59.9 Å². The summed E-state index contributed by atoms with van der Waals surface area (Å²) in [6.07, 6.45) is 2.52. The van der Waals surface area contributed by atoms with E-state index < -0.39 is 6.10 Å². The Labute approximate surface area is 155 Å². The number of carbonyl (C=O) groups excluding carboxylic acids is 1. The van der Waals surface area contributed by atoms with Gasteiger partial charge in [-0.05, 0) is 43.3 Å². The third-order valence-electron chi connectivity index (χ3n) is 3.15. The number of carbonyl (C=O) groups is 1. The SMILES string of the molecule is C=CCOc1ccccc1/C=N\NC(=O)[C@@H](C)Oc1ccc(Br)cc1. The molecule has 0 unspecified atom stereocenters. The number of amides is 1. The Hall–Kier alpha value is -2.60. The molecule has 0 spiro atoms. The van der Waals surface area contributed by atoms with Crippen LogP contribution in [0.3, 0.4) is 0 Å². The lowest BCUT2D eigenvalue weighted by Gasteiger charge is -2.13. The molecule has 1 N–H and O–H groups in total. The van der Waals surface area contributed by atoms with Gasteiger partial charge in [0, 0.05) is 10.0 Å². The average Bonchev–Trinajstić information content (AvgIpc) is 2.62. The van der Waals surface area contributed by atoms with Gasteiger partial charge < -0.3 is 9.47 Å². The molecule has 0 radical (unpaired) electrons. The van der Waals surface area contributed by atoms with Crippen LogP contribution in [0.4, 0.5) is 0 Å². The first kappa shape index (κ1) is 18.7. The minimum atomic E-state index is -0.675. The van der Waals surface area contributed by atoms with E-state index in [4.69, 9.17) is 9.47 Å². The van der Waals surface area contributed by atoms with Crippen LogP contribution in [-0.2, 0) is 4.79 Å². The highest BCUT2D eigenvalue weighted by Gasteiger charge is 2.13. The molecular weight excluding hydrogens is 384 g/mol. The second kappa shape index (κ2) is 9.64. The fraction of sp³-hybridized carbons (Fsp3) is 0.158. The second-order valence-corrected chi connectivity index (χ2v) is 6.00. The molecule has 0 aromatic heterocycles. The maximum atomic E-state index is 12.1. The third-order valence-corrected chi connectivity index (χ3v) is 3.68. The van der Waals surface area contributed by atoms with Gasteiger partial charge in [0.05, 0.1) is 6.21 Å². The lowest BCUT2D eigenvalue weighted by molar-refractivity contribution is -0.127. The van der Waals surface area contributed by atoms with E-state index in [0.717, 1.165) is 10.0 Å². The van der Waals surface area contributed by atoms with E-state index in [-0.39, 0.29) is 5.91 Å². The summed E-state index contributed by atoms with van der Waals surface area (Å²) in [7, 11) is 0. The molecule has 0 fully saturated rings. The molecule has 0 saturated carbocycles. The number of ether oxygens (including phenoxy) is 2. The van der Waals surface area contributed by atoms with Crippen LogP contribution in [0.5, 0.6) is 11.5 Å². The van der Waals surface area contributed by atoms with E-state index in [0.29, 0.717) is 18.1 Å². The summed E-state index contributed by atoms with van der Waals surface area (Å²) >= 11 is 3.35. The molecule has 0 bridgehead atoms. The van der Waals surface area contributed by atoms with E-state index in [2.05, 4.69) is 33.0 Å². The molecule has 1 atom stereocenters. The number of benzene rings is 2. The molecule has 0 heterocycles. The molecule has 1 amide bonds. The van der Waals surface area contributed by atoms with Crippen molar-refractivity contribution in [3.8, 4) is 11.5 Å². The molecule has 2 rings (SSSR count). The Morgan fingerprint density at radius 1 is 1.28 bits per heavy atom. The lowest BCUT2D eigenvalue weighted by Crippen LogP contribution is -2.33. The monoisotopic (exact) mass is 402 g/mol. The number of rotatable bonds is 8. The predicted molar refractivity (Wildman–Crippen MR) is 102 cm³/mol. The zero-order valence-corrected chi connectivity index (χ0v) is 15.4. The number of para-hydroxylation sites is 1. The maximum absolute atomic E-state index is 12.1. The molecule has 2 aromatic carbocycles. The van der Waals surface area contributed by atoms with Crippen molar-refractivity contribution in [2.24, 2.45) is 5.10 Å². The molecule has 5 nitrogen and oxygen atoms in total. The molecule has 2 aromatic rings. The van der Waals surface area contributed by atoms with Crippen LogP contribution in [0.2, 0.25) is 0 Å². The summed E-state index contributed by atoms with van der Waals surface area (Å²) < 4.78 is 12.0. The molecular formula is C19H19BrN2O3. The largest absolute Gasteiger partial charge is 0.489 e. The Bertz CT molecular complexity index is 745. The molecule has 0 aliphatic rings. The third kappa shape index (κ3) is 6.08. The first-order valence-electron chi connectivity index (χ1n) is 7.68. The van der Waals surface area contributed by atoms with Crippen molar-refractivity contribution in [1.29, 1.82) is 0 Å². The van der Waals surface area contributed by atoms with Gasteiger partial charge in [-0.25, -0.2) is 5.43 Å². The normalized spacial score (nSPS) is 11.8. The van der Waals surface area contributed by atoms with Crippen LogP contribution in [0.15, 0.2) is 70.8 Å². The number of hydrazone groups is 1. The Morgan fingerprint density at radius 3 is 2.72 bits per heavy atom. The van der Waals surface area contributed by atoms with Crippen LogP contribution in [0, 0.1) is 0 Å². The van der Waals surface area contributed by atoms with Crippen molar-refractivity contribution in [3.05, 3.63) is 71.2 Å². The van der Waals surface area contributed by atoms with E-state index >= 15 is 0 Å². The van der Waals surface area contributed by atoms with Crippen molar-refractivity contribution in [3.63, 3.8) is 0 Å². The second-order valence-electron chi connectivity index (χ2n) is 5.09. The van der Waals surface area contributed by atoms with Crippen molar-refractivity contribution in [2.75, 3.05) is 6.61 Å². The Kier molecular flexibility index (Phi) is 7.22. The lowest BCUT2D eigenvalue weighted by atomic mass is 10.2. The maximum Gasteiger partial charge on any atom is 0.280 e. The van der Waals surface area contributed by atoms with Crippen molar-refractivity contribution in [2.45, 2.75) is 13.0 Å². The summed E-state index contributed by atoms with van der Waals surface area (Å²) in [5, 5.41) is 3.97. The number of hydrogen-bond acceptors (Lipinski definition) is 4. The minimum absolute atomic E-state index is 0.344. The van der Waals surface area contributed by atoms with E-state index in [1.807, 2.05) is 36.4 Å². The van der Waals surface area contributed by atoms with Gasteiger partial charge >= 0.3 is 0 Å². The summed E-state index contributed by atoms with van der Waals surface area (Å²) in [4.78, 5) is 12.1. The van der Waals surface area contributed by atoms with Crippen molar-refractivity contribution < 1.29 is 14.3 Å². The van der Waals surface area contributed by atoms with Gasteiger partial charge in [0.25, 0.3) is 5.91 Å². The van der Waals surface area contributed by atoms with Gasteiger partial charge in [-0.1, -0.05) is 40.7 Å². The fourth-order valence-electron chi connectivity index (χ4n) is 1.89. The van der Waals surface area contributed by atoms with Gasteiger partial charge in [0.15, 0.2) is 6.10 Å². The average molecular weight is 403 g/mol. The number of nitrogens with one attached hydrogen (secondary N) is 1. The summed E-state index contributed by atoms with van der Waals surface area (Å²) in [6, 6.07) is 14.7. The van der Waals surface area contributed by atoms with E-state index in [9.17, 15) is 4.79 Å². The number of halogens is 1. The molecule has 6 heteroatoms. The van der Waals surface area contributed by atoms with Crippen LogP contribution in [0.25, 0.3) is 0 Å². The smallest absolute Gasteiger partial charge is 0.280 e. The Morgan fingerprint density at radius 2 is 2.00 bits per heavy atom. The zero-order valence-electron chi connectivity index (χ0n) is 13.8. The van der Waals surface area contributed by atoms with Crippen LogP contribution < -0.4 is 14.9 Å². The van der Waals surface area contributed by atoms with Gasteiger partial charge in [-0.2, -0.15) is 5.10 Å². The van der Waals surface area contributed by atoms with Crippen LogP contribution in [-0.4, -0.2) is 24.8 Å². The molecule has 130 valence electrons. The van der Waals surface area contributed by atoms with Gasteiger partial charge in [-0.15, -0.1) is 0 Å². The highest BCUT2D eigenvalue weighted by molar-refractivity contribution is 9.10. The highest BCUT2D eigenvalue weighted by Crippen LogP contribution is 2.17. The molecule has 0 aliphatic carbocycles.